The second-order valence-electron chi connectivity index (χ2n) is 3.40. The number of benzene rings is 1. The number of aliphatic hydroxyl groups excluding tert-OH is 1. The molecule has 2 N–H and O–H groups in total. The van der Waals surface area contributed by atoms with Crippen molar-refractivity contribution in [2.24, 2.45) is 0 Å². The van der Waals surface area contributed by atoms with Gasteiger partial charge in [-0.15, -0.1) is 0 Å². The summed E-state index contributed by atoms with van der Waals surface area (Å²) in [7, 11) is 0. The summed E-state index contributed by atoms with van der Waals surface area (Å²) in [6.45, 7) is 2.67. The van der Waals surface area contributed by atoms with Crippen LogP contribution in [0.3, 0.4) is 0 Å². The summed E-state index contributed by atoms with van der Waals surface area (Å²) in [5.41, 5.74) is -0.454. The normalized spacial score (nSPS) is 15.5. The average molecular weight is 184 g/mol. The van der Waals surface area contributed by atoms with E-state index in [2.05, 4.69) is 0 Å². The minimum Gasteiger partial charge on any atom is -0.393 e. The minimum absolute atomic E-state index is 0.369. The summed E-state index contributed by atoms with van der Waals surface area (Å²) >= 11 is 0. The van der Waals surface area contributed by atoms with Gasteiger partial charge in [-0.3, -0.25) is 0 Å². The summed E-state index contributed by atoms with van der Waals surface area (Å²) in [5.74, 6) is -0.369. The average Bonchev–Trinajstić information content (AvgIpc) is 2.09. The molecule has 0 radical (unpaired) electrons. The Morgan fingerprint density at radius 1 is 1.46 bits per heavy atom. The molecule has 0 aliphatic heterocycles. The molecule has 1 rings (SSSR count). The van der Waals surface area contributed by atoms with Crippen molar-refractivity contribution >= 4 is 0 Å². The first-order valence-corrected chi connectivity index (χ1v) is 4.07. The predicted octanol–water partition coefficient (Wildman–Crippen LogP) is 1.33. The summed E-state index contributed by atoms with van der Waals surface area (Å²) in [6, 6.07) is 4.43. The third-order valence-electron chi connectivity index (χ3n) is 2.10. The van der Waals surface area contributed by atoms with Gasteiger partial charge in [-0.25, -0.2) is 4.39 Å². The lowest BCUT2D eigenvalue weighted by molar-refractivity contribution is -0.00251. The third-order valence-corrected chi connectivity index (χ3v) is 2.10. The molecule has 2 nitrogen and oxygen atoms in total. The van der Waals surface area contributed by atoms with Crippen molar-refractivity contribution < 1.29 is 14.6 Å². The molecule has 13 heavy (non-hydrogen) atoms. The summed E-state index contributed by atoms with van der Waals surface area (Å²) in [6.07, 6.45) is 0. The van der Waals surface area contributed by atoms with E-state index in [9.17, 15) is 9.50 Å². The van der Waals surface area contributed by atoms with E-state index in [1.165, 1.54) is 13.0 Å². The van der Waals surface area contributed by atoms with Gasteiger partial charge in [0.25, 0.3) is 0 Å². The van der Waals surface area contributed by atoms with Crippen LogP contribution in [0.15, 0.2) is 18.2 Å². The molecule has 0 fully saturated rings. The van der Waals surface area contributed by atoms with Crippen LogP contribution in [0.25, 0.3) is 0 Å². The molecular formula is C10H13FO2. The van der Waals surface area contributed by atoms with Crippen LogP contribution in [0.1, 0.15) is 18.1 Å². The van der Waals surface area contributed by atoms with E-state index in [4.69, 9.17) is 5.11 Å². The number of hydrogen-bond acceptors (Lipinski definition) is 2. The van der Waals surface area contributed by atoms with Crippen molar-refractivity contribution in [1.29, 1.82) is 0 Å². The van der Waals surface area contributed by atoms with Crippen LogP contribution in [0, 0.1) is 12.7 Å². The number of halogens is 1. The molecule has 0 saturated carbocycles. The van der Waals surface area contributed by atoms with Gasteiger partial charge in [0.1, 0.15) is 11.4 Å². The Morgan fingerprint density at radius 3 is 2.54 bits per heavy atom. The van der Waals surface area contributed by atoms with E-state index in [0.29, 0.717) is 11.1 Å². The Morgan fingerprint density at radius 2 is 2.08 bits per heavy atom. The molecular weight excluding hydrogens is 171 g/mol. The number of rotatable bonds is 2. The first-order valence-electron chi connectivity index (χ1n) is 4.07. The molecule has 0 aromatic heterocycles. The predicted molar refractivity (Wildman–Crippen MR) is 47.8 cm³/mol. The van der Waals surface area contributed by atoms with Gasteiger partial charge in [0.15, 0.2) is 0 Å². The van der Waals surface area contributed by atoms with Gasteiger partial charge >= 0.3 is 0 Å². The van der Waals surface area contributed by atoms with Gasteiger partial charge in [-0.2, -0.15) is 0 Å². The SMILES string of the molecule is Cc1ccc(C(C)(O)CO)cc1F. The molecule has 1 unspecified atom stereocenters. The zero-order valence-electron chi connectivity index (χ0n) is 7.71. The van der Waals surface area contributed by atoms with E-state index < -0.39 is 12.2 Å². The largest absolute Gasteiger partial charge is 0.393 e. The highest BCUT2D eigenvalue weighted by Crippen LogP contribution is 2.21. The van der Waals surface area contributed by atoms with Crippen molar-refractivity contribution in [2.45, 2.75) is 19.4 Å². The Bertz CT molecular complexity index is 308. The topological polar surface area (TPSA) is 40.5 Å². The Labute approximate surface area is 76.6 Å². The highest BCUT2D eigenvalue weighted by atomic mass is 19.1. The van der Waals surface area contributed by atoms with Crippen LogP contribution in [0.5, 0.6) is 0 Å². The first-order chi connectivity index (χ1) is 5.97. The van der Waals surface area contributed by atoms with E-state index >= 15 is 0 Å². The Kier molecular flexibility index (Phi) is 2.68. The van der Waals surface area contributed by atoms with Crippen molar-refractivity contribution in [2.75, 3.05) is 6.61 Å². The molecule has 1 aromatic rings. The monoisotopic (exact) mass is 184 g/mol. The Balaban J connectivity index is 3.10. The molecule has 0 heterocycles. The van der Waals surface area contributed by atoms with Gasteiger partial charge < -0.3 is 10.2 Å². The number of aryl methyl sites for hydroxylation is 1. The van der Waals surface area contributed by atoms with E-state index in [-0.39, 0.29) is 5.82 Å². The van der Waals surface area contributed by atoms with Crippen LogP contribution in [-0.4, -0.2) is 16.8 Å². The molecule has 1 aromatic carbocycles. The second-order valence-corrected chi connectivity index (χ2v) is 3.40. The molecule has 0 amide bonds. The summed E-state index contributed by atoms with van der Waals surface area (Å²) in [5, 5.41) is 18.4. The van der Waals surface area contributed by atoms with Crippen molar-refractivity contribution in [3.8, 4) is 0 Å². The van der Waals surface area contributed by atoms with E-state index in [0.717, 1.165) is 0 Å². The van der Waals surface area contributed by atoms with Crippen LogP contribution >= 0.6 is 0 Å². The second kappa shape index (κ2) is 3.44. The smallest absolute Gasteiger partial charge is 0.126 e. The fraction of sp³-hybridized carbons (Fsp3) is 0.400. The molecule has 0 aliphatic rings. The third kappa shape index (κ3) is 2.05. The van der Waals surface area contributed by atoms with Gasteiger partial charge in [0, 0.05) is 0 Å². The minimum atomic E-state index is -1.37. The van der Waals surface area contributed by atoms with Gasteiger partial charge in [-0.05, 0) is 31.0 Å². The maximum absolute atomic E-state index is 13.1. The highest BCUT2D eigenvalue weighted by molar-refractivity contribution is 5.27. The van der Waals surface area contributed by atoms with E-state index in [1.54, 1.807) is 19.1 Å². The van der Waals surface area contributed by atoms with Crippen molar-refractivity contribution in [3.63, 3.8) is 0 Å². The number of aliphatic hydroxyl groups is 2. The molecule has 0 aliphatic carbocycles. The number of hydrogen-bond donors (Lipinski definition) is 2. The fourth-order valence-corrected chi connectivity index (χ4v) is 1.02. The molecule has 0 bridgehead atoms. The lowest BCUT2D eigenvalue weighted by atomic mass is 9.96. The maximum atomic E-state index is 13.1. The van der Waals surface area contributed by atoms with Crippen molar-refractivity contribution in [1.82, 2.24) is 0 Å². The van der Waals surface area contributed by atoms with Gasteiger partial charge in [0.2, 0.25) is 0 Å². The lowest BCUT2D eigenvalue weighted by Crippen LogP contribution is -2.25. The van der Waals surface area contributed by atoms with Gasteiger partial charge in [0.05, 0.1) is 6.61 Å². The summed E-state index contributed by atoms with van der Waals surface area (Å²) < 4.78 is 13.1. The van der Waals surface area contributed by atoms with Crippen LogP contribution in [-0.2, 0) is 5.60 Å². The molecule has 0 saturated heterocycles. The van der Waals surface area contributed by atoms with Gasteiger partial charge in [-0.1, -0.05) is 12.1 Å². The maximum Gasteiger partial charge on any atom is 0.126 e. The first kappa shape index (κ1) is 10.2. The van der Waals surface area contributed by atoms with Crippen molar-refractivity contribution in [3.05, 3.63) is 35.1 Å². The van der Waals surface area contributed by atoms with Crippen LogP contribution in [0.4, 0.5) is 4.39 Å². The molecule has 1 atom stereocenters. The quantitative estimate of drug-likeness (QED) is 0.728. The molecule has 0 spiro atoms. The van der Waals surface area contributed by atoms with Crippen LogP contribution in [0.2, 0.25) is 0 Å². The zero-order chi connectivity index (χ0) is 10.1. The standard InChI is InChI=1S/C10H13FO2/c1-7-3-4-8(5-9(7)11)10(2,13)6-12/h3-5,12-13H,6H2,1-2H3. The Hall–Kier alpha value is -0.930. The van der Waals surface area contributed by atoms with Crippen LogP contribution < -0.4 is 0 Å². The fourth-order valence-electron chi connectivity index (χ4n) is 1.02. The lowest BCUT2D eigenvalue weighted by Gasteiger charge is -2.20. The molecule has 3 heteroatoms. The highest BCUT2D eigenvalue weighted by Gasteiger charge is 2.22. The summed E-state index contributed by atoms with van der Waals surface area (Å²) in [4.78, 5) is 0. The molecule has 72 valence electrons. The zero-order valence-corrected chi connectivity index (χ0v) is 7.71. The van der Waals surface area contributed by atoms with E-state index in [1.807, 2.05) is 0 Å².